The minimum Gasteiger partial charge on any atom is -0.338 e. The number of aromatic nitrogens is 1. The molecule has 0 aliphatic carbocycles. The maximum Gasteiger partial charge on any atom is 0.317 e. The predicted octanol–water partition coefficient (Wildman–Crippen LogP) is 3.16. The zero-order valence-corrected chi connectivity index (χ0v) is 13.4. The molecule has 0 spiro atoms. The fourth-order valence-corrected chi connectivity index (χ4v) is 2.17. The van der Waals surface area contributed by atoms with E-state index >= 15 is 0 Å². The summed E-state index contributed by atoms with van der Waals surface area (Å²) < 4.78 is 0. The normalized spacial score (nSPS) is 10.3. The molecule has 1 aromatic heterocycles. The lowest BCUT2D eigenvalue weighted by Gasteiger charge is -2.18. The molecule has 0 unspecified atom stereocenters. The molecule has 0 atom stereocenters. The largest absolute Gasteiger partial charge is 0.338 e. The highest BCUT2D eigenvalue weighted by Gasteiger charge is 2.07. The molecule has 2 amide bonds. The van der Waals surface area contributed by atoms with Gasteiger partial charge < -0.3 is 10.2 Å². The van der Waals surface area contributed by atoms with Crippen molar-refractivity contribution in [3.05, 3.63) is 64.9 Å². The van der Waals surface area contributed by atoms with Gasteiger partial charge in [0.2, 0.25) is 0 Å². The highest BCUT2D eigenvalue weighted by atomic mass is 35.5. The minimum atomic E-state index is -0.0528. The van der Waals surface area contributed by atoms with Crippen molar-refractivity contribution in [3.8, 4) is 0 Å². The van der Waals surface area contributed by atoms with E-state index in [1.165, 1.54) is 5.56 Å². The van der Waals surface area contributed by atoms with Crippen molar-refractivity contribution in [2.75, 3.05) is 20.1 Å². The second kappa shape index (κ2) is 8.39. The highest BCUT2D eigenvalue weighted by molar-refractivity contribution is 6.30. The van der Waals surface area contributed by atoms with Crippen molar-refractivity contribution in [2.45, 2.75) is 12.8 Å². The number of pyridine rings is 1. The second-order valence-electron chi connectivity index (χ2n) is 5.14. The van der Waals surface area contributed by atoms with Gasteiger partial charge in [-0.3, -0.25) is 4.98 Å². The van der Waals surface area contributed by atoms with Crippen LogP contribution < -0.4 is 5.32 Å². The number of urea groups is 1. The molecule has 0 radical (unpaired) electrons. The summed E-state index contributed by atoms with van der Waals surface area (Å²) in [5.41, 5.74) is 2.33. The number of nitrogens with one attached hydrogen (secondary N) is 1. The lowest BCUT2D eigenvalue weighted by Crippen LogP contribution is -2.39. The number of halogens is 1. The SMILES string of the molecule is CN(CCc1ccncc1)C(=O)NCCc1ccc(Cl)cc1. The number of likely N-dealkylation sites (N-methyl/N-ethyl adjacent to an activating group) is 1. The molecule has 0 aliphatic heterocycles. The van der Waals surface area contributed by atoms with Crippen molar-refractivity contribution in [1.82, 2.24) is 15.2 Å². The Morgan fingerprint density at radius 2 is 1.73 bits per heavy atom. The molecule has 0 saturated carbocycles. The number of carbonyl (C=O) groups is 1. The van der Waals surface area contributed by atoms with Crippen LogP contribution >= 0.6 is 11.6 Å². The zero-order valence-electron chi connectivity index (χ0n) is 12.6. The summed E-state index contributed by atoms with van der Waals surface area (Å²) in [5.74, 6) is 0. The topological polar surface area (TPSA) is 45.2 Å². The van der Waals surface area contributed by atoms with Crippen molar-refractivity contribution < 1.29 is 4.79 Å². The van der Waals surface area contributed by atoms with E-state index in [2.05, 4.69) is 10.3 Å². The molecule has 1 aromatic carbocycles. The smallest absolute Gasteiger partial charge is 0.317 e. The molecule has 4 nitrogen and oxygen atoms in total. The molecule has 1 N–H and O–H groups in total. The van der Waals surface area contributed by atoms with Gasteiger partial charge in [-0.05, 0) is 48.2 Å². The first kappa shape index (κ1) is 16.3. The van der Waals surface area contributed by atoms with E-state index in [0.717, 1.165) is 23.4 Å². The van der Waals surface area contributed by atoms with E-state index < -0.39 is 0 Å². The first-order valence-corrected chi connectivity index (χ1v) is 7.65. The Bertz CT molecular complexity index is 587. The Labute approximate surface area is 136 Å². The third-order valence-corrected chi connectivity index (χ3v) is 3.69. The number of carbonyl (C=O) groups excluding carboxylic acids is 1. The van der Waals surface area contributed by atoms with E-state index in [4.69, 9.17) is 11.6 Å². The average molecular weight is 318 g/mol. The molecular formula is C17H20ClN3O. The van der Waals surface area contributed by atoms with E-state index in [0.29, 0.717) is 13.1 Å². The Morgan fingerprint density at radius 3 is 2.41 bits per heavy atom. The van der Waals surface area contributed by atoms with Crippen molar-refractivity contribution in [3.63, 3.8) is 0 Å². The van der Waals surface area contributed by atoms with Gasteiger partial charge in [0, 0.05) is 37.6 Å². The van der Waals surface area contributed by atoms with Gasteiger partial charge in [0.05, 0.1) is 0 Å². The summed E-state index contributed by atoms with van der Waals surface area (Å²) in [7, 11) is 1.80. The third-order valence-electron chi connectivity index (χ3n) is 3.44. The van der Waals surface area contributed by atoms with Crippen LogP contribution in [0.2, 0.25) is 5.02 Å². The van der Waals surface area contributed by atoms with Gasteiger partial charge in [-0.2, -0.15) is 0 Å². The lowest BCUT2D eigenvalue weighted by molar-refractivity contribution is 0.209. The molecule has 0 saturated heterocycles. The monoisotopic (exact) mass is 317 g/mol. The Morgan fingerprint density at radius 1 is 1.09 bits per heavy atom. The molecule has 5 heteroatoms. The molecule has 22 heavy (non-hydrogen) atoms. The summed E-state index contributed by atoms with van der Waals surface area (Å²) in [6, 6.07) is 11.5. The van der Waals surface area contributed by atoms with Crippen molar-refractivity contribution in [2.24, 2.45) is 0 Å². The molecule has 2 aromatic rings. The summed E-state index contributed by atoms with van der Waals surface area (Å²) in [5, 5.41) is 3.65. The molecule has 116 valence electrons. The van der Waals surface area contributed by atoms with E-state index in [-0.39, 0.29) is 6.03 Å². The molecule has 2 rings (SSSR count). The van der Waals surface area contributed by atoms with Crippen molar-refractivity contribution >= 4 is 17.6 Å². The van der Waals surface area contributed by atoms with E-state index in [1.54, 1.807) is 24.3 Å². The molecule has 0 fully saturated rings. The minimum absolute atomic E-state index is 0.0528. The molecule has 0 aliphatic rings. The van der Waals surface area contributed by atoms with Gasteiger partial charge in [0.1, 0.15) is 0 Å². The van der Waals surface area contributed by atoms with Crippen LogP contribution in [0.4, 0.5) is 4.79 Å². The standard InChI is InChI=1S/C17H20ClN3O/c1-21(13-9-15-6-10-19-11-7-15)17(22)20-12-8-14-2-4-16(18)5-3-14/h2-7,10-11H,8-9,12-13H2,1H3,(H,20,22). The van der Waals surface area contributed by atoms with E-state index in [9.17, 15) is 4.79 Å². The summed E-state index contributed by atoms with van der Waals surface area (Å²) in [4.78, 5) is 17.7. The third kappa shape index (κ3) is 5.37. The first-order chi connectivity index (χ1) is 10.6. The van der Waals surface area contributed by atoms with Crippen LogP contribution in [0, 0.1) is 0 Å². The van der Waals surface area contributed by atoms with Gasteiger partial charge in [-0.1, -0.05) is 23.7 Å². The highest BCUT2D eigenvalue weighted by Crippen LogP contribution is 2.09. The Kier molecular flexibility index (Phi) is 6.22. The average Bonchev–Trinajstić information content (AvgIpc) is 2.55. The molecule has 0 bridgehead atoms. The fourth-order valence-electron chi connectivity index (χ4n) is 2.05. The maximum atomic E-state index is 12.0. The number of rotatable bonds is 6. The zero-order chi connectivity index (χ0) is 15.8. The number of benzene rings is 1. The Hall–Kier alpha value is -2.07. The van der Waals surface area contributed by atoms with Crippen molar-refractivity contribution in [1.29, 1.82) is 0 Å². The van der Waals surface area contributed by atoms with Gasteiger partial charge in [-0.25, -0.2) is 4.79 Å². The Balaban J connectivity index is 1.69. The molecule has 1 heterocycles. The predicted molar refractivity (Wildman–Crippen MR) is 89.1 cm³/mol. The number of hydrogen-bond donors (Lipinski definition) is 1. The van der Waals surface area contributed by atoms with Crippen LogP contribution in [-0.2, 0) is 12.8 Å². The van der Waals surface area contributed by atoms with Crippen LogP contribution in [0.15, 0.2) is 48.8 Å². The van der Waals surface area contributed by atoms with Gasteiger partial charge in [0.15, 0.2) is 0 Å². The van der Waals surface area contributed by atoms with Gasteiger partial charge in [0.25, 0.3) is 0 Å². The fraction of sp³-hybridized carbons (Fsp3) is 0.294. The van der Waals surface area contributed by atoms with Gasteiger partial charge in [-0.15, -0.1) is 0 Å². The summed E-state index contributed by atoms with van der Waals surface area (Å²) >= 11 is 5.84. The maximum absolute atomic E-state index is 12.0. The van der Waals surface area contributed by atoms with Crippen LogP contribution in [0.3, 0.4) is 0 Å². The summed E-state index contributed by atoms with van der Waals surface area (Å²) in [6.45, 7) is 1.29. The number of amides is 2. The summed E-state index contributed by atoms with van der Waals surface area (Å²) in [6.07, 6.45) is 5.15. The van der Waals surface area contributed by atoms with Gasteiger partial charge >= 0.3 is 6.03 Å². The van der Waals surface area contributed by atoms with Crippen LogP contribution in [0.5, 0.6) is 0 Å². The van der Waals surface area contributed by atoms with Crippen LogP contribution in [0.1, 0.15) is 11.1 Å². The lowest BCUT2D eigenvalue weighted by atomic mass is 10.1. The number of hydrogen-bond acceptors (Lipinski definition) is 2. The van der Waals surface area contributed by atoms with Crippen LogP contribution in [-0.4, -0.2) is 36.1 Å². The molecular weight excluding hydrogens is 298 g/mol. The second-order valence-corrected chi connectivity index (χ2v) is 5.57. The number of nitrogens with zero attached hydrogens (tertiary/aromatic N) is 2. The van der Waals surface area contributed by atoms with E-state index in [1.807, 2.05) is 36.4 Å². The quantitative estimate of drug-likeness (QED) is 0.889. The van der Waals surface area contributed by atoms with Crippen LogP contribution in [0.25, 0.3) is 0 Å². The first-order valence-electron chi connectivity index (χ1n) is 7.27.